The van der Waals surface area contributed by atoms with Gasteiger partial charge in [-0.1, -0.05) is 62.7 Å². The Kier molecular flexibility index (Phi) is 11.7. The Balaban J connectivity index is 2.16. The van der Waals surface area contributed by atoms with Crippen LogP contribution >= 0.6 is 0 Å². The molecule has 0 aliphatic heterocycles. The Morgan fingerprint density at radius 2 is 1.29 bits per heavy atom. The molecule has 2 aromatic carbocycles. The van der Waals surface area contributed by atoms with E-state index in [0.717, 1.165) is 0 Å². The maximum Gasteiger partial charge on any atom is 0.326 e. The second kappa shape index (κ2) is 14.7. The van der Waals surface area contributed by atoms with Crippen molar-refractivity contribution < 1.29 is 34.5 Å². The highest BCUT2D eigenvalue weighted by Crippen LogP contribution is 2.13. The van der Waals surface area contributed by atoms with Gasteiger partial charge in [-0.3, -0.25) is 14.4 Å². The molecule has 0 radical (unpaired) electrons. The van der Waals surface area contributed by atoms with Gasteiger partial charge in [0.15, 0.2) is 0 Å². The van der Waals surface area contributed by atoms with E-state index in [2.05, 4.69) is 16.0 Å². The second-order valence-electron chi connectivity index (χ2n) is 9.18. The van der Waals surface area contributed by atoms with E-state index in [1.54, 1.807) is 49.4 Å². The summed E-state index contributed by atoms with van der Waals surface area (Å²) in [6, 6.07) is 9.90. The summed E-state index contributed by atoms with van der Waals surface area (Å²) in [5, 5.41) is 36.3. The van der Waals surface area contributed by atoms with Crippen LogP contribution in [0.25, 0.3) is 0 Å². The van der Waals surface area contributed by atoms with Crippen molar-refractivity contribution in [2.24, 2.45) is 11.7 Å². The number of carbonyl (C=O) groups excluding carboxylic acids is 3. The molecule has 0 spiro atoms. The standard InChI is InChI=1S/C27H36N4O7/c1-3-16(2)23(28)26(36)29-20(13-18-9-11-19(33)12-10-18)24(34)31-22(15-32)25(35)30-21(27(37)38)14-17-7-5-4-6-8-17/h4-12,16,20-23,32-33H,3,13-15,28H2,1-2H3,(H,29,36)(H,30,35)(H,31,34)(H,37,38). The molecule has 0 heterocycles. The number of benzene rings is 2. The van der Waals surface area contributed by atoms with Crippen molar-refractivity contribution in [1.82, 2.24) is 16.0 Å². The third-order valence-corrected chi connectivity index (χ3v) is 6.28. The van der Waals surface area contributed by atoms with Crippen molar-refractivity contribution in [3.8, 4) is 5.75 Å². The molecule has 0 bridgehead atoms. The number of amides is 3. The number of phenolic OH excluding ortho intramolecular Hbond substituents is 1. The summed E-state index contributed by atoms with van der Waals surface area (Å²) in [5.74, 6) is -3.63. The van der Waals surface area contributed by atoms with Crippen LogP contribution in [0.2, 0.25) is 0 Å². The van der Waals surface area contributed by atoms with E-state index < -0.39 is 54.5 Å². The normalized spacial score (nSPS) is 14.8. The van der Waals surface area contributed by atoms with Crippen LogP contribution in [-0.4, -0.2) is 69.8 Å². The van der Waals surface area contributed by atoms with Crippen LogP contribution < -0.4 is 21.7 Å². The number of nitrogens with one attached hydrogen (secondary N) is 3. The number of carboxylic acids is 1. The number of carbonyl (C=O) groups is 4. The van der Waals surface area contributed by atoms with Gasteiger partial charge in [0.25, 0.3) is 0 Å². The van der Waals surface area contributed by atoms with Crippen LogP contribution in [0.1, 0.15) is 31.4 Å². The average Bonchev–Trinajstić information content (AvgIpc) is 2.91. The molecule has 5 unspecified atom stereocenters. The van der Waals surface area contributed by atoms with Crippen molar-refractivity contribution in [3.05, 3.63) is 65.7 Å². The fourth-order valence-electron chi connectivity index (χ4n) is 3.65. The molecule has 2 aromatic rings. The maximum atomic E-state index is 13.2. The lowest BCUT2D eigenvalue weighted by molar-refractivity contribution is -0.142. The molecule has 5 atom stereocenters. The third kappa shape index (κ3) is 9.16. The van der Waals surface area contributed by atoms with E-state index in [-0.39, 0.29) is 24.5 Å². The van der Waals surface area contributed by atoms with Gasteiger partial charge in [-0.15, -0.1) is 0 Å². The number of aliphatic hydroxyl groups excluding tert-OH is 1. The molecular formula is C27H36N4O7. The van der Waals surface area contributed by atoms with E-state index in [0.29, 0.717) is 17.5 Å². The highest BCUT2D eigenvalue weighted by atomic mass is 16.4. The largest absolute Gasteiger partial charge is 0.508 e. The third-order valence-electron chi connectivity index (χ3n) is 6.28. The van der Waals surface area contributed by atoms with Crippen molar-refractivity contribution in [1.29, 1.82) is 0 Å². The van der Waals surface area contributed by atoms with Gasteiger partial charge in [-0.25, -0.2) is 4.79 Å². The molecule has 0 aliphatic carbocycles. The minimum absolute atomic E-state index is 0.00104. The van der Waals surface area contributed by atoms with Gasteiger partial charge in [0, 0.05) is 12.8 Å². The van der Waals surface area contributed by atoms with E-state index in [1.807, 2.05) is 6.92 Å². The van der Waals surface area contributed by atoms with Crippen molar-refractivity contribution >= 4 is 23.7 Å². The Bertz CT molecular complexity index is 1080. The van der Waals surface area contributed by atoms with Crippen molar-refractivity contribution in [2.45, 2.75) is 57.3 Å². The fraction of sp³-hybridized carbons (Fsp3) is 0.407. The molecule has 2 rings (SSSR count). The minimum Gasteiger partial charge on any atom is -0.508 e. The van der Waals surface area contributed by atoms with E-state index in [9.17, 15) is 34.5 Å². The minimum atomic E-state index is -1.47. The lowest BCUT2D eigenvalue weighted by Crippen LogP contribution is -2.59. The van der Waals surface area contributed by atoms with Gasteiger partial charge in [-0.2, -0.15) is 0 Å². The molecule has 0 saturated carbocycles. The first-order chi connectivity index (χ1) is 18.0. The van der Waals surface area contributed by atoms with Gasteiger partial charge in [0.05, 0.1) is 12.6 Å². The predicted octanol–water partition coefficient (Wildman–Crippen LogP) is 0.0821. The first-order valence-electron chi connectivity index (χ1n) is 12.4. The number of aliphatic carboxylic acids is 1. The number of aliphatic hydroxyl groups is 1. The highest BCUT2D eigenvalue weighted by molar-refractivity contribution is 5.94. The van der Waals surface area contributed by atoms with Crippen molar-refractivity contribution in [3.63, 3.8) is 0 Å². The zero-order chi connectivity index (χ0) is 28.2. The number of nitrogens with two attached hydrogens (primary N) is 1. The average molecular weight is 529 g/mol. The van der Waals surface area contributed by atoms with E-state index in [1.165, 1.54) is 12.1 Å². The van der Waals surface area contributed by atoms with Gasteiger partial charge in [0.2, 0.25) is 17.7 Å². The van der Waals surface area contributed by atoms with Crippen LogP contribution in [0.15, 0.2) is 54.6 Å². The van der Waals surface area contributed by atoms with Crippen LogP contribution in [0, 0.1) is 5.92 Å². The monoisotopic (exact) mass is 528 g/mol. The molecule has 3 amide bonds. The topological polar surface area (TPSA) is 191 Å². The Hall–Kier alpha value is -3.96. The number of hydrogen-bond acceptors (Lipinski definition) is 7. The zero-order valence-corrected chi connectivity index (χ0v) is 21.5. The quantitative estimate of drug-likeness (QED) is 0.179. The summed E-state index contributed by atoms with van der Waals surface area (Å²) in [6.45, 7) is 2.88. The molecule has 0 saturated heterocycles. The number of rotatable bonds is 14. The number of hydrogen-bond donors (Lipinski definition) is 7. The summed E-state index contributed by atoms with van der Waals surface area (Å²) >= 11 is 0. The maximum absolute atomic E-state index is 13.2. The van der Waals surface area contributed by atoms with Crippen LogP contribution in [0.4, 0.5) is 0 Å². The van der Waals surface area contributed by atoms with Gasteiger partial charge >= 0.3 is 5.97 Å². The Morgan fingerprint density at radius 3 is 1.84 bits per heavy atom. The molecule has 11 nitrogen and oxygen atoms in total. The van der Waals surface area contributed by atoms with Crippen LogP contribution in [0.3, 0.4) is 0 Å². The lowest BCUT2D eigenvalue weighted by Gasteiger charge is -2.25. The number of aromatic hydroxyl groups is 1. The Labute approximate surface area is 221 Å². The van der Waals surface area contributed by atoms with Crippen LogP contribution in [-0.2, 0) is 32.0 Å². The second-order valence-corrected chi connectivity index (χ2v) is 9.18. The molecule has 11 heteroatoms. The van der Waals surface area contributed by atoms with E-state index in [4.69, 9.17) is 5.73 Å². The molecule has 8 N–H and O–H groups in total. The smallest absolute Gasteiger partial charge is 0.326 e. The first kappa shape index (κ1) is 30.3. The summed E-state index contributed by atoms with van der Waals surface area (Å²) in [4.78, 5) is 50.4. The van der Waals surface area contributed by atoms with Gasteiger partial charge in [-0.05, 0) is 29.2 Å². The number of carboxylic acid groups (broad SMARTS) is 1. The van der Waals surface area contributed by atoms with Crippen LogP contribution in [0.5, 0.6) is 5.75 Å². The number of phenols is 1. The fourth-order valence-corrected chi connectivity index (χ4v) is 3.65. The zero-order valence-electron chi connectivity index (χ0n) is 21.5. The molecule has 206 valence electrons. The molecule has 38 heavy (non-hydrogen) atoms. The van der Waals surface area contributed by atoms with Crippen molar-refractivity contribution in [2.75, 3.05) is 6.61 Å². The molecular weight excluding hydrogens is 492 g/mol. The molecule has 0 aliphatic rings. The summed E-state index contributed by atoms with van der Waals surface area (Å²) < 4.78 is 0. The lowest BCUT2D eigenvalue weighted by atomic mass is 9.98. The predicted molar refractivity (Wildman–Crippen MR) is 140 cm³/mol. The summed E-state index contributed by atoms with van der Waals surface area (Å²) in [5.41, 5.74) is 7.31. The van der Waals surface area contributed by atoms with E-state index >= 15 is 0 Å². The van der Waals surface area contributed by atoms with Gasteiger partial charge < -0.3 is 37.0 Å². The highest BCUT2D eigenvalue weighted by Gasteiger charge is 2.31. The SMILES string of the molecule is CCC(C)C(N)C(=O)NC(Cc1ccc(O)cc1)C(=O)NC(CO)C(=O)NC(Cc1ccccc1)C(=O)O. The summed E-state index contributed by atoms with van der Waals surface area (Å²) in [6.07, 6.45) is 0.654. The Morgan fingerprint density at radius 1 is 0.789 bits per heavy atom. The molecule has 0 fully saturated rings. The van der Waals surface area contributed by atoms with Gasteiger partial charge in [0.1, 0.15) is 23.9 Å². The summed E-state index contributed by atoms with van der Waals surface area (Å²) in [7, 11) is 0. The first-order valence-corrected chi connectivity index (χ1v) is 12.4. The molecule has 0 aromatic heterocycles.